The van der Waals surface area contributed by atoms with Gasteiger partial charge in [0.15, 0.2) is 12.6 Å². The van der Waals surface area contributed by atoms with Gasteiger partial charge in [0.1, 0.15) is 29.9 Å². The summed E-state index contributed by atoms with van der Waals surface area (Å²) in [5, 5.41) is 37.9. The maximum Gasteiger partial charge on any atom is 0.161 e. The molecule has 0 spiro atoms. The van der Waals surface area contributed by atoms with Crippen LogP contribution < -0.4 is 16.0 Å². The second kappa shape index (κ2) is 32.9. The minimum Gasteiger partial charge on any atom is -0.368 e. The van der Waals surface area contributed by atoms with Crippen molar-refractivity contribution in [3.63, 3.8) is 0 Å². The van der Waals surface area contributed by atoms with Crippen LogP contribution in [0.1, 0.15) is 173 Å². The highest BCUT2D eigenvalue weighted by molar-refractivity contribution is 8.00. The molecule has 0 bridgehead atoms. The van der Waals surface area contributed by atoms with Crippen LogP contribution in [0.25, 0.3) is 0 Å². The Balaban J connectivity index is 0.00000664. The largest absolute Gasteiger partial charge is 0.368 e. The highest BCUT2D eigenvalue weighted by Gasteiger charge is 2.42. The maximum absolute atomic E-state index is 12.2. The van der Waals surface area contributed by atoms with Crippen molar-refractivity contribution in [3.05, 3.63) is 0 Å². The van der Waals surface area contributed by atoms with Gasteiger partial charge in [-0.15, -0.1) is 0 Å². The lowest BCUT2D eigenvalue weighted by Gasteiger charge is -2.17. The van der Waals surface area contributed by atoms with Gasteiger partial charge in [0.2, 0.25) is 0 Å². The number of fused-ring (bicyclic) bond motifs is 1. The van der Waals surface area contributed by atoms with Crippen molar-refractivity contribution in [2.45, 2.75) is 203 Å². The predicted octanol–water partition coefficient (Wildman–Crippen LogP) is 5.83. The molecule has 0 radical (unpaired) electrons. The van der Waals surface area contributed by atoms with Gasteiger partial charge in [0.05, 0.1) is 0 Å². The average molecular weight is 756 g/mol. The molecule has 12 heteroatoms. The first-order valence-electron chi connectivity index (χ1n) is 20.5. The SMILES string of the molecule is C=O.O=C(CCCCCNCCCCC1SCC2NC(O)NC21)CCCCCC(=O)CCCCCC(=O)CCCCCC(=O)CCCCCC(O)O. The number of carbonyl (C=O) groups is 5. The molecule has 4 atom stereocenters. The zero-order valence-electron chi connectivity index (χ0n) is 32.1. The number of hydrogen-bond acceptors (Lipinski definition) is 12. The van der Waals surface area contributed by atoms with Gasteiger partial charge in [-0.2, -0.15) is 11.8 Å². The summed E-state index contributed by atoms with van der Waals surface area (Å²) in [6.45, 7) is 4.05. The van der Waals surface area contributed by atoms with Crippen LogP contribution in [-0.2, 0) is 24.0 Å². The molecule has 2 aliphatic heterocycles. The van der Waals surface area contributed by atoms with Crippen LogP contribution in [-0.4, -0.2) is 94.1 Å². The van der Waals surface area contributed by atoms with E-state index in [0.29, 0.717) is 86.7 Å². The smallest absolute Gasteiger partial charge is 0.161 e. The fourth-order valence-corrected chi connectivity index (χ4v) is 8.59. The van der Waals surface area contributed by atoms with Crippen molar-refractivity contribution in [2.24, 2.45) is 0 Å². The summed E-state index contributed by atoms with van der Waals surface area (Å²) >= 11 is 2.02. The third-order valence-electron chi connectivity index (χ3n) is 10.1. The number of ketones is 4. The van der Waals surface area contributed by atoms with E-state index in [2.05, 4.69) is 16.0 Å². The number of hydrogen-bond donors (Lipinski definition) is 6. The van der Waals surface area contributed by atoms with Crippen molar-refractivity contribution in [1.82, 2.24) is 16.0 Å². The van der Waals surface area contributed by atoms with Crippen LogP contribution >= 0.6 is 11.8 Å². The van der Waals surface area contributed by atoms with Gasteiger partial charge >= 0.3 is 0 Å². The molecule has 0 aromatic carbocycles. The molecule has 2 aliphatic rings. The van der Waals surface area contributed by atoms with E-state index < -0.39 is 12.6 Å². The molecule has 0 amide bonds. The fourth-order valence-electron chi connectivity index (χ4n) is 7.02. The third-order valence-corrected chi connectivity index (χ3v) is 11.6. The molecule has 302 valence electrons. The number of Topliss-reactive ketones (excluding diaryl/α,β-unsaturated/α-hetero) is 4. The second-order valence-corrected chi connectivity index (χ2v) is 16.0. The highest BCUT2D eigenvalue weighted by atomic mass is 32.2. The zero-order valence-corrected chi connectivity index (χ0v) is 32.9. The van der Waals surface area contributed by atoms with Crippen LogP contribution in [0.4, 0.5) is 0 Å². The normalized spacial score (nSPS) is 19.4. The number of aliphatic hydroxyl groups excluding tert-OH is 2. The van der Waals surface area contributed by atoms with Crippen LogP contribution in [0.15, 0.2) is 0 Å². The Kier molecular flexibility index (Phi) is 30.6. The maximum atomic E-state index is 12.2. The zero-order chi connectivity index (χ0) is 38.2. The van der Waals surface area contributed by atoms with Gasteiger partial charge in [-0.3, -0.25) is 29.8 Å². The minimum absolute atomic E-state index is 0.254. The molecule has 0 saturated carbocycles. The Morgan fingerprint density at radius 2 is 0.962 bits per heavy atom. The molecular formula is C40H73N3O8S. The molecule has 4 unspecified atom stereocenters. The monoisotopic (exact) mass is 756 g/mol. The first kappa shape index (κ1) is 48.5. The van der Waals surface area contributed by atoms with Crippen LogP contribution in [0, 0.1) is 0 Å². The van der Waals surface area contributed by atoms with Crippen molar-refractivity contribution < 1.29 is 39.3 Å². The molecule has 0 aliphatic carbocycles. The van der Waals surface area contributed by atoms with E-state index in [1.807, 2.05) is 18.6 Å². The molecule has 2 heterocycles. The predicted molar refractivity (Wildman–Crippen MR) is 209 cm³/mol. The topological polar surface area (TPSA) is 182 Å². The summed E-state index contributed by atoms with van der Waals surface area (Å²) in [5.41, 5.74) is 0. The fraction of sp³-hybridized carbons (Fsp3) is 0.875. The van der Waals surface area contributed by atoms with Gasteiger partial charge in [0, 0.05) is 74.5 Å². The molecule has 2 fully saturated rings. The molecular weight excluding hydrogens is 683 g/mol. The number of thioether (sulfide) groups is 1. The van der Waals surface area contributed by atoms with E-state index in [-0.39, 0.29) is 11.6 Å². The van der Waals surface area contributed by atoms with Crippen LogP contribution in [0.3, 0.4) is 0 Å². The van der Waals surface area contributed by atoms with Crippen LogP contribution in [0.2, 0.25) is 0 Å². The lowest BCUT2D eigenvalue weighted by Crippen LogP contribution is -2.38. The van der Waals surface area contributed by atoms with Gasteiger partial charge < -0.3 is 25.4 Å². The second-order valence-electron chi connectivity index (χ2n) is 14.7. The van der Waals surface area contributed by atoms with E-state index in [4.69, 9.17) is 15.0 Å². The highest BCUT2D eigenvalue weighted by Crippen LogP contribution is 2.33. The van der Waals surface area contributed by atoms with Gasteiger partial charge in [-0.1, -0.05) is 38.5 Å². The molecule has 11 nitrogen and oxygen atoms in total. The summed E-state index contributed by atoms with van der Waals surface area (Å²) in [6, 6.07) is 0.805. The van der Waals surface area contributed by atoms with Crippen molar-refractivity contribution >= 4 is 41.7 Å². The van der Waals surface area contributed by atoms with Crippen molar-refractivity contribution in [3.8, 4) is 0 Å². The lowest BCUT2D eigenvalue weighted by atomic mass is 10.0. The van der Waals surface area contributed by atoms with Gasteiger partial charge in [0.25, 0.3) is 0 Å². The Morgan fingerprint density at radius 1 is 0.577 bits per heavy atom. The summed E-state index contributed by atoms with van der Waals surface area (Å²) in [7, 11) is 0. The van der Waals surface area contributed by atoms with E-state index in [9.17, 15) is 24.3 Å². The number of rotatable bonds is 35. The molecule has 2 saturated heterocycles. The molecule has 0 aromatic heterocycles. The van der Waals surface area contributed by atoms with Crippen LogP contribution in [0.5, 0.6) is 0 Å². The Morgan fingerprint density at radius 3 is 1.38 bits per heavy atom. The molecule has 0 aromatic rings. The number of aliphatic hydroxyl groups is 3. The number of nitrogens with one attached hydrogen (secondary N) is 3. The molecule has 6 N–H and O–H groups in total. The van der Waals surface area contributed by atoms with E-state index in [0.717, 1.165) is 115 Å². The Labute approximate surface area is 318 Å². The van der Waals surface area contributed by atoms with E-state index >= 15 is 0 Å². The summed E-state index contributed by atoms with van der Waals surface area (Å²) in [5.74, 6) is 2.25. The minimum atomic E-state index is -1.25. The first-order valence-corrected chi connectivity index (χ1v) is 21.5. The number of carbonyl (C=O) groups excluding carboxylic acids is 5. The summed E-state index contributed by atoms with van der Waals surface area (Å²) in [6.07, 6.45) is 20.2. The van der Waals surface area contributed by atoms with E-state index in [1.54, 1.807) is 0 Å². The average Bonchev–Trinajstić information content (AvgIpc) is 3.68. The van der Waals surface area contributed by atoms with Gasteiger partial charge in [-0.25, -0.2) is 0 Å². The molecule has 52 heavy (non-hydrogen) atoms. The standard InChI is InChI=1S/C39H71N3O7S.CH2O/c43-31(20-8-2-10-22-33(45)24-12-4-14-27-37(47)48)18-6-1-7-19-32(44)21-9-3-11-23-34(46)25-13-5-16-28-40-29-17-15-26-36-38-35(30-50-36)41-39(49)42-38;1-2/h35-42,47-49H,1-30H2;1H2. The Bertz CT molecular complexity index is 956. The number of unbranched alkanes of at least 4 members (excludes halogenated alkanes) is 11. The first-order chi connectivity index (χ1) is 25.2. The van der Waals surface area contributed by atoms with Gasteiger partial charge in [-0.05, 0) is 96.6 Å². The Hall–Kier alpha value is -1.54. The summed E-state index contributed by atoms with van der Waals surface area (Å²) in [4.78, 5) is 56.5. The van der Waals surface area contributed by atoms with Crippen molar-refractivity contribution in [2.75, 3.05) is 18.8 Å². The third kappa shape index (κ3) is 26.3. The molecule has 2 rings (SSSR count). The van der Waals surface area contributed by atoms with E-state index in [1.165, 1.54) is 19.3 Å². The lowest BCUT2D eigenvalue weighted by molar-refractivity contribution is -0.120. The van der Waals surface area contributed by atoms with Crippen molar-refractivity contribution in [1.29, 1.82) is 0 Å². The summed E-state index contributed by atoms with van der Waals surface area (Å²) < 4.78 is 0. The quantitative estimate of drug-likeness (QED) is 0.0337.